The van der Waals surface area contributed by atoms with Crippen molar-refractivity contribution in [2.45, 2.75) is 33.1 Å². The van der Waals surface area contributed by atoms with Crippen LogP contribution in [0.1, 0.15) is 34.0 Å². The molecule has 162 valence electrons. The van der Waals surface area contributed by atoms with Gasteiger partial charge in [-0.3, -0.25) is 9.80 Å². The largest absolute Gasteiger partial charge is 0.508 e. The van der Waals surface area contributed by atoms with Crippen LogP contribution in [0.5, 0.6) is 17.2 Å². The number of ether oxygens (including phenoxy) is 1. The average Bonchev–Trinajstić information content (AvgIpc) is 3.15. The minimum atomic E-state index is 0.0331. The van der Waals surface area contributed by atoms with Crippen LogP contribution in [0.25, 0.3) is 0 Å². The van der Waals surface area contributed by atoms with Crippen LogP contribution in [0.15, 0.2) is 60.7 Å². The van der Waals surface area contributed by atoms with E-state index in [1.54, 1.807) is 19.2 Å². The number of methoxy groups -OCH3 is 1. The summed E-state index contributed by atoms with van der Waals surface area (Å²) in [5.74, 6) is 1.48. The Morgan fingerprint density at radius 3 is 1.71 bits per heavy atom. The number of aromatic hydroxyl groups is 2. The Bertz CT molecular complexity index is 988. The number of nitrogens with zero attached hydrogens (tertiary/aromatic N) is 2. The number of hydrogen-bond donors (Lipinski definition) is 2. The van der Waals surface area contributed by atoms with Crippen LogP contribution in [-0.2, 0) is 13.1 Å². The van der Waals surface area contributed by atoms with E-state index in [2.05, 4.69) is 34.1 Å². The second-order valence-electron chi connectivity index (χ2n) is 8.35. The van der Waals surface area contributed by atoms with E-state index in [-0.39, 0.29) is 6.17 Å². The van der Waals surface area contributed by atoms with Gasteiger partial charge in [0.05, 0.1) is 13.3 Å². The Morgan fingerprint density at radius 2 is 1.26 bits per heavy atom. The molecule has 0 unspecified atom stereocenters. The Kier molecular flexibility index (Phi) is 6.16. The quantitative estimate of drug-likeness (QED) is 0.606. The van der Waals surface area contributed by atoms with E-state index < -0.39 is 0 Å². The minimum Gasteiger partial charge on any atom is -0.508 e. The molecule has 0 amide bonds. The van der Waals surface area contributed by atoms with E-state index in [1.807, 2.05) is 38.1 Å². The van der Waals surface area contributed by atoms with Gasteiger partial charge in [0.15, 0.2) is 0 Å². The first-order valence-electron chi connectivity index (χ1n) is 10.6. The molecule has 0 spiro atoms. The first-order valence-corrected chi connectivity index (χ1v) is 10.6. The number of phenols is 2. The third-order valence-electron chi connectivity index (χ3n) is 6.00. The summed E-state index contributed by atoms with van der Waals surface area (Å²) < 4.78 is 5.34. The third kappa shape index (κ3) is 4.68. The van der Waals surface area contributed by atoms with Gasteiger partial charge >= 0.3 is 0 Å². The highest BCUT2D eigenvalue weighted by atomic mass is 16.5. The standard InChI is InChI=1S/C26H30N2O3/c1-18-4-10-24(29)21(14-18)16-27-12-13-28(17-22-15-19(2)5-11-25(22)30)26(27)20-6-8-23(31-3)9-7-20/h4-11,14-15,26,29-30H,12-13,16-17H2,1-3H3. The lowest BCUT2D eigenvalue weighted by Crippen LogP contribution is -2.30. The zero-order chi connectivity index (χ0) is 22.0. The van der Waals surface area contributed by atoms with Crippen molar-refractivity contribution >= 4 is 0 Å². The maximum absolute atomic E-state index is 10.4. The third-order valence-corrected chi connectivity index (χ3v) is 6.00. The Morgan fingerprint density at radius 1 is 0.774 bits per heavy atom. The molecule has 2 N–H and O–H groups in total. The second-order valence-corrected chi connectivity index (χ2v) is 8.35. The molecule has 0 aliphatic carbocycles. The van der Waals surface area contributed by atoms with Crippen LogP contribution in [0.3, 0.4) is 0 Å². The molecule has 0 radical (unpaired) electrons. The molecular formula is C26H30N2O3. The molecule has 1 aliphatic rings. The maximum atomic E-state index is 10.4. The van der Waals surface area contributed by atoms with Crippen molar-refractivity contribution in [3.63, 3.8) is 0 Å². The number of phenolic OH excluding ortho intramolecular Hbond substituents is 2. The molecule has 3 aromatic carbocycles. The van der Waals surface area contributed by atoms with Crippen molar-refractivity contribution in [2.24, 2.45) is 0 Å². The predicted molar refractivity (Wildman–Crippen MR) is 122 cm³/mol. The van der Waals surface area contributed by atoms with Gasteiger partial charge in [-0.15, -0.1) is 0 Å². The summed E-state index contributed by atoms with van der Waals surface area (Å²) in [5, 5.41) is 20.8. The zero-order valence-electron chi connectivity index (χ0n) is 18.4. The van der Waals surface area contributed by atoms with Gasteiger partial charge in [-0.25, -0.2) is 0 Å². The second kappa shape index (κ2) is 9.00. The molecule has 4 rings (SSSR count). The monoisotopic (exact) mass is 418 g/mol. The lowest BCUT2D eigenvalue weighted by molar-refractivity contribution is 0.124. The highest BCUT2D eigenvalue weighted by molar-refractivity contribution is 5.38. The van der Waals surface area contributed by atoms with E-state index in [1.165, 1.54) is 0 Å². The summed E-state index contributed by atoms with van der Waals surface area (Å²) in [6, 6.07) is 19.7. The highest BCUT2D eigenvalue weighted by Crippen LogP contribution is 2.36. The van der Waals surface area contributed by atoms with Crippen molar-refractivity contribution in [1.82, 2.24) is 9.80 Å². The number of benzene rings is 3. The molecule has 0 bridgehead atoms. The molecule has 3 aromatic rings. The number of hydrogen-bond acceptors (Lipinski definition) is 5. The first-order chi connectivity index (χ1) is 14.9. The lowest BCUT2D eigenvalue weighted by atomic mass is 10.1. The van der Waals surface area contributed by atoms with E-state index in [0.717, 1.165) is 46.7 Å². The normalized spacial score (nSPS) is 15.5. The van der Waals surface area contributed by atoms with E-state index >= 15 is 0 Å². The predicted octanol–water partition coefficient (Wildman–Crippen LogP) is 4.74. The summed E-state index contributed by atoms with van der Waals surface area (Å²) in [6.07, 6.45) is 0.0331. The molecule has 31 heavy (non-hydrogen) atoms. The van der Waals surface area contributed by atoms with Gasteiger partial charge in [0.1, 0.15) is 17.2 Å². The summed E-state index contributed by atoms with van der Waals surface area (Å²) in [6.45, 7) is 7.13. The van der Waals surface area contributed by atoms with Crippen molar-refractivity contribution in [2.75, 3.05) is 20.2 Å². The summed E-state index contributed by atoms with van der Waals surface area (Å²) in [4.78, 5) is 4.76. The first kappa shape index (κ1) is 21.2. The van der Waals surface area contributed by atoms with Crippen LogP contribution in [0, 0.1) is 13.8 Å². The molecule has 5 heteroatoms. The van der Waals surface area contributed by atoms with E-state index in [9.17, 15) is 10.2 Å². The molecule has 5 nitrogen and oxygen atoms in total. The van der Waals surface area contributed by atoms with Gasteiger partial charge in [-0.2, -0.15) is 0 Å². The molecular weight excluding hydrogens is 388 g/mol. The zero-order valence-corrected chi connectivity index (χ0v) is 18.4. The molecule has 0 aromatic heterocycles. The fourth-order valence-electron chi connectivity index (χ4n) is 4.38. The van der Waals surface area contributed by atoms with Crippen molar-refractivity contribution in [3.8, 4) is 17.2 Å². The van der Waals surface area contributed by atoms with Gasteiger partial charge in [-0.1, -0.05) is 47.5 Å². The lowest BCUT2D eigenvalue weighted by Gasteiger charge is -2.31. The smallest absolute Gasteiger partial charge is 0.120 e. The summed E-state index contributed by atoms with van der Waals surface area (Å²) in [7, 11) is 1.67. The van der Waals surface area contributed by atoms with Crippen LogP contribution in [-0.4, -0.2) is 40.2 Å². The highest BCUT2D eigenvalue weighted by Gasteiger charge is 2.34. The van der Waals surface area contributed by atoms with Crippen molar-refractivity contribution < 1.29 is 14.9 Å². The molecule has 0 atom stereocenters. The Labute approximate surface area is 184 Å². The van der Waals surface area contributed by atoms with Crippen LogP contribution in [0.2, 0.25) is 0 Å². The Balaban J connectivity index is 1.65. The number of rotatable bonds is 6. The van der Waals surface area contributed by atoms with E-state index in [4.69, 9.17) is 4.74 Å². The fourth-order valence-corrected chi connectivity index (χ4v) is 4.38. The average molecular weight is 419 g/mol. The summed E-state index contributed by atoms with van der Waals surface area (Å²) >= 11 is 0. The van der Waals surface area contributed by atoms with E-state index in [0.29, 0.717) is 24.6 Å². The summed E-state index contributed by atoms with van der Waals surface area (Å²) in [5.41, 5.74) is 5.29. The topological polar surface area (TPSA) is 56.2 Å². The van der Waals surface area contributed by atoms with Gasteiger partial charge in [0.25, 0.3) is 0 Å². The molecule has 1 fully saturated rings. The number of aryl methyl sites for hydroxylation is 2. The molecule has 1 aliphatic heterocycles. The SMILES string of the molecule is COc1ccc(C2N(Cc3cc(C)ccc3O)CCN2Cc2cc(C)ccc2O)cc1. The van der Waals surface area contributed by atoms with Gasteiger partial charge in [0.2, 0.25) is 0 Å². The molecule has 1 heterocycles. The van der Waals surface area contributed by atoms with Crippen LogP contribution >= 0.6 is 0 Å². The Hall–Kier alpha value is -3.02. The van der Waals surface area contributed by atoms with Gasteiger partial charge < -0.3 is 14.9 Å². The van der Waals surface area contributed by atoms with Crippen molar-refractivity contribution in [3.05, 3.63) is 88.5 Å². The van der Waals surface area contributed by atoms with Crippen LogP contribution in [0.4, 0.5) is 0 Å². The van der Waals surface area contributed by atoms with Crippen molar-refractivity contribution in [1.29, 1.82) is 0 Å². The molecule has 1 saturated heterocycles. The minimum absolute atomic E-state index is 0.0331. The van der Waals surface area contributed by atoms with Gasteiger partial charge in [0, 0.05) is 37.3 Å². The van der Waals surface area contributed by atoms with Gasteiger partial charge in [-0.05, 0) is 43.7 Å². The maximum Gasteiger partial charge on any atom is 0.120 e. The fraction of sp³-hybridized carbons (Fsp3) is 0.308. The van der Waals surface area contributed by atoms with Crippen LogP contribution < -0.4 is 4.74 Å². The molecule has 0 saturated carbocycles.